The smallest absolute Gasteiger partial charge is 0.277 e. The Kier molecular flexibility index (Phi) is 3.19. The molecule has 0 unspecified atom stereocenters. The molecule has 2 N–H and O–H groups in total. The van der Waals surface area contributed by atoms with E-state index in [-0.39, 0.29) is 5.91 Å². The van der Waals surface area contributed by atoms with Crippen LogP contribution in [0.25, 0.3) is 0 Å². The van der Waals surface area contributed by atoms with E-state index in [4.69, 9.17) is 0 Å². The minimum absolute atomic E-state index is 0.266. The van der Waals surface area contributed by atoms with Crippen molar-refractivity contribution in [3.8, 4) is 0 Å². The normalized spacial score (nSPS) is 14.9. The zero-order valence-corrected chi connectivity index (χ0v) is 11.4. The van der Waals surface area contributed by atoms with Crippen LogP contribution in [0.15, 0.2) is 18.3 Å². The highest BCUT2D eigenvalue weighted by atomic mass is 16.2. The largest absolute Gasteiger partial charge is 0.319 e. The van der Waals surface area contributed by atoms with Gasteiger partial charge in [0.25, 0.3) is 5.91 Å². The quantitative estimate of drug-likeness (QED) is 0.858. The number of anilines is 1. The zero-order chi connectivity index (χ0) is 14.1. The summed E-state index contributed by atoms with van der Waals surface area (Å²) in [4.78, 5) is 16.4. The number of pyridine rings is 1. The summed E-state index contributed by atoms with van der Waals surface area (Å²) in [5.41, 5.74) is 2.72. The van der Waals surface area contributed by atoms with Gasteiger partial charge in [-0.15, -0.1) is 5.10 Å². The van der Waals surface area contributed by atoms with Crippen molar-refractivity contribution < 1.29 is 4.79 Å². The van der Waals surface area contributed by atoms with Gasteiger partial charge >= 0.3 is 0 Å². The third-order valence-corrected chi connectivity index (χ3v) is 3.35. The molecule has 3 heterocycles. The molecule has 0 aliphatic carbocycles. The lowest BCUT2D eigenvalue weighted by atomic mass is 10.2. The van der Waals surface area contributed by atoms with Crippen molar-refractivity contribution >= 4 is 11.6 Å². The molecule has 104 valence electrons. The first kappa shape index (κ1) is 12.7. The second-order valence-electron chi connectivity index (χ2n) is 4.94. The minimum Gasteiger partial charge on any atom is -0.319 e. The molecule has 2 aromatic rings. The van der Waals surface area contributed by atoms with Crippen LogP contribution in [0.3, 0.4) is 0 Å². The van der Waals surface area contributed by atoms with Crippen molar-refractivity contribution in [3.05, 3.63) is 35.4 Å². The first-order chi connectivity index (χ1) is 9.63. The second-order valence-corrected chi connectivity index (χ2v) is 4.94. The minimum atomic E-state index is -0.266. The number of aromatic nitrogens is 4. The molecule has 3 rings (SSSR count). The third kappa shape index (κ3) is 2.39. The summed E-state index contributed by atoms with van der Waals surface area (Å²) in [6.45, 7) is 5.51. The third-order valence-electron chi connectivity index (χ3n) is 3.35. The van der Waals surface area contributed by atoms with Crippen molar-refractivity contribution in [2.45, 2.75) is 19.9 Å². The fraction of sp³-hybridized carbons (Fsp3) is 0.385. The lowest BCUT2D eigenvalue weighted by Crippen LogP contribution is -2.43. The number of hydrogen-bond donors (Lipinski definition) is 2. The van der Waals surface area contributed by atoms with Gasteiger partial charge in [0.2, 0.25) is 0 Å². The van der Waals surface area contributed by atoms with E-state index in [0.29, 0.717) is 17.4 Å². The summed E-state index contributed by atoms with van der Waals surface area (Å²) < 4.78 is 1.73. The van der Waals surface area contributed by atoms with Gasteiger partial charge < -0.3 is 10.6 Å². The van der Waals surface area contributed by atoms with Crippen molar-refractivity contribution in [2.24, 2.45) is 0 Å². The summed E-state index contributed by atoms with van der Waals surface area (Å²) in [5.74, 6) is -0.266. The standard InChI is InChI=1S/C13H16N6O/c1-8-3-4-11(9(2)15-8)16-13(20)12-7-19(18-17-12)10-5-14-6-10/h3-4,7,10,14H,5-6H2,1-2H3,(H,16,20). The average molecular weight is 272 g/mol. The van der Waals surface area contributed by atoms with Gasteiger partial charge in [-0.05, 0) is 26.0 Å². The Bertz CT molecular complexity index is 646. The molecule has 20 heavy (non-hydrogen) atoms. The summed E-state index contributed by atoms with van der Waals surface area (Å²) in [6.07, 6.45) is 1.68. The Morgan fingerprint density at radius 2 is 2.20 bits per heavy atom. The Hall–Kier alpha value is -2.28. The molecular weight excluding hydrogens is 256 g/mol. The van der Waals surface area contributed by atoms with E-state index < -0.39 is 0 Å². The molecule has 1 aliphatic heterocycles. The topological polar surface area (TPSA) is 84.7 Å². The second kappa shape index (κ2) is 5.01. The molecule has 2 aromatic heterocycles. The summed E-state index contributed by atoms with van der Waals surface area (Å²) in [7, 11) is 0. The van der Waals surface area contributed by atoms with Crippen molar-refractivity contribution in [2.75, 3.05) is 18.4 Å². The van der Waals surface area contributed by atoms with Crippen LogP contribution in [0.5, 0.6) is 0 Å². The number of amides is 1. The van der Waals surface area contributed by atoms with Gasteiger partial charge in [-0.1, -0.05) is 5.21 Å². The van der Waals surface area contributed by atoms with Crippen LogP contribution in [0.1, 0.15) is 27.9 Å². The van der Waals surface area contributed by atoms with Crippen molar-refractivity contribution in [1.82, 2.24) is 25.3 Å². The predicted molar refractivity (Wildman–Crippen MR) is 73.6 cm³/mol. The lowest BCUT2D eigenvalue weighted by molar-refractivity contribution is 0.102. The summed E-state index contributed by atoms with van der Waals surface area (Å²) >= 11 is 0. The van der Waals surface area contributed by atoms with E-state index in [9.17, 15) is 4.79 Å². The number of carbonyl (C=O) groups is 1. The Balaban J connectivity index is 1.73. The average Bonchev–Trinajstić information content (AvgIpc) is 2.80. The number of nitrogens with one attached hydrogen (secondary N) is 2. The molecule has 1 aliphatic rings. The maximum atomic E-state index is 12.1. The van der Waals surface area contributed by atoms with Gasteiger partial charge in [-0.2, -0.15) is 0 Å². The Labute approximate surface area is 116 Å². The molecule has 0 aromatic carbocycles. The van der Waals surface area contributed by atoms with Crippen LogP contribution in [0.4, 0.5) is 5.69 Å². The molecule has 1 saturated heterocycles. The Morgan fingerprint density at radius 3 is 2.85 bits per heavy atom. The maximum absolute atomic E-state index is 12.1. The molecule has 0 saturated carbocycles. The molecule has 1 amide bonds. The van der Waals surface area contributed by atoms with Gasteiger partial charge in [0, 0.05) is 18.8 Å². The molecule has 7 heteroatoms. The SMILES string of the molecule is Cc1ccc(NC(=O)c2cn(C3CNC3)nn2)c(C)n1. The fourth-order valence-corrected chi connectivity index (χ4v) is 2.02. The number of hydrogen-bond acceptors (Lipinski definition) is 5. The van der Waals surface area contributed by atoms with Crippen LogP contribution in [-0.2, 0) is 0 Å². The van der Waals surface area contributed by atoms with Gasteiger partial charge in [0.15, 0.2) is 5.69 Å². The van der Waals surface area contributed by atoms with E-state index in [1.54, 1.807) is 10.9 Å². The molecule has 0 bridgehead atoms. The number of nitrogens with zero attached hydrogens (tertiary/aromatic N) is 4. The first-order valence-corrected chi connectivity index (χ1v) is 6.51. The molecule has 1 fully saturated rings. The molecule has 0 atom stereocenters. The number of rotatable bonds is 3. The highest BCUT2D eigenvalue weighted by Gasteiger charge is 2.21. The van der Waals surface area contributed by atoms with E-state index in [1.165, 1.54) is 0 Å². The van der Waals surface area contributed by atoms with Gasteiger partial charge in [0.05, 0.1) is 23.6 Å². The van der Waals surface area contributed by atoms with E-state index >= 15 is 0 Å². The molecule has 7 nitrogen and oxygen atoms in total. The van der Waals surface area contributed by atoms with Crippen LogP contribution in [-0.4, -0.2) is 39.0 Å². The summed E-state index contributed by atoms with van der Waals surface area (Å²) in [6, 6.07) is 4.00. The van der Waals surface area contributed by atoms with Gasteiger partial charge in [-0.3, -0.25) is 9.78 Å². The van der Waals surface area contributed by atoms with E-state index in [1.807, 2.05) is 26.0 Å². The fourth-order valence-electron chi connectivity index (χ4n) is 2.02. The van der Waals surface area contributed by atoms with Crippen LogP contribution < -0.4 is 10.6 Å². The van der Waals surface area contributed by atoms with Crippen molar-refractivity contribution in [3.63, 3.8) is 0 Å². The first-order valence-electron chi connectivity index (χ1n) is 6.51. The predicted octanol–water partition coefficient (Wildman–Crippen LogP) is 0.687. The molecule has 0 spiro atoms. The highest BCUT2D eigenvalue weighted by molar-refractivity contribution is 6.02. The van der Waals surface area contributed by atoms with E-state index in [2.05, 4.69) is 25.9 Å². The number of carbonyl (C=O) groups excluding carboxylic acids is 1. The van der Waals surface area contributed by atoms with E-state index in [0.717, 1.165) is 24.5 Å². The maximum Gasteiger partial charge on any atom is 0.277 e. The lowest BCUT2D eigenvalue weighted by Gasteiger charge is -2.26. The van der Waals surface area contributed by atoms with Crippen LogP contribution in [0.2, 0.25) is 0 Å². The molecular formula is C13H16N6O. The van der Waals surface area contributed by atoms with Crippen LogP contribution >= 0.6 is 0 Å². The van der Waals surface area contributed by atoms with Gasteiger partial charge in [0.1, 0.15) is 0 Å². The van der Waals surface area contributed by atoms with Crippen LogP contribution in [0, 0.1) is 13.8 Å². The highest BCUT2D eigenvalue weighted by Crippen LogP contribution is 2.14. The van der Waals surface area contributed by atoms with Gasteiger partial charge in [-0.25, -0.2) is 4.68 Å². The monoisotopic (exact) mass is 272 g/mol. The number of aryl methyl sites for hydroxylation is 2. The van der Waals surface area contributed by atoms with Crippen molar-refractivity contribution in [1.29, 1.82) is 0 Å². The molecule has 0 radical (unpaired) electrons. The Morgan fingerprint density at radius 1 is 1.40 bits per heavy atom. The summed E-state index contributed by atoms with van der Waals surface area (Å²) in [5, 5.41) is 13.9. The zero-order valence-electron chi connectivity index (χ0n) is 11.4.